The van der Waals surface area contributed by atoms with Gasteiger partial charge in [-0.3, -0.25) is 0 Å². The average Bonchev–Trinajstić information content (AvgIpc) is 2.28. The van der Waals surface area contributed by atoms with Crippen molar-refractivity contribution in [3.05, 3.63) is 35.1 Å². The third-order valence-electron chi connectivity index (χ3n) is 2.67. The maximum atomic E-state index is 13.0. The van der Waals surface area contributed by atoms with E-state index < -0.39 is 11.8 Å². The first-order valence-electron chi connectivity index (χ1n) is 5.75. The molecule has 0 saturated heterocycles. The molecule has 1 N–H and O–H groups in total. The maximum absolute atomic E-state index is 13.0. The van der Waals surface area contributed by atoms with Crippen molar-refractivity contribution in [2.75, 3.05) is 34.2 Å². The molecule has 0 unspecified atom stereocenters. The minimum Gasteiger partial charge on any atom is -0.478 e. The first kappa shape index (κ1) is 14.6. The third kappa shape index (κ3) is 4.43. The van der Waals surface area contributed by atoms with Gasteiger partial charge in [-0.15, -0.1) is 0 Å². The number of carboxylic acids is 1. The van der Waals surface area contributed by atoms with Crippen LogP contribution in [-0.2, 0) is 6.54 Å². The second-order valence-electron chi connectivity index (χ2n) is 4.65. The van der Waals surface area contributed by atoms with Crippen LogP contribution in [0.4, 0.5) is 4.39 Å². The Balaban J connectivity index is 2.74. The Labute approximate surface area is 107 Å². The van der Waals surface area contributed by atoms with E-state index in [4.69, 9.17) is 5.11 Å². The maximum Gasteiger partial charge on any atom is 0.336 e. The van der Waals surface area contributed by atoms with Crippen molar-refractivity contribution in [1.29, 1.82) is 0 Å². The number of likely N-dealkylation sites (N-methyl/N-ethyl adjacent to an activating group) is 2. The van der Waals surface area contributed by atoms with Gasteiger partial charge in [0.25, 0.3) is 0 Å². The first-order valence-corrected chi connectivity index (χ1v) is 5.75. The fourth-order valence-electron chi connectivity index (χ4n) is 1.63. The highest BCUT2D eigenvalue weighted by Gasteiger charge is 2.12. The zero-order chi connectivity index (χ0) is 13.7. The quantitative estimate of drug-likeness (QED) is 0.836. The van der Waals surface area contributed by atoms with E-state index in [-0.39, 0.29) is 5.56 Å². The summed E-state index contributed by atoms with van der Waals surface area (Å²) in [6.07, 6.45) is 0. The van der Waals surface area contributed by atoms with Crippen LogP contribution in [0.25, 0.3) is 0 Å². The highest BCUT2D eigenvalue weighted by molar-refractivity contribution is 5.89. The third-order valence-corrected chi connectivity index (χ3v) is 2.67. The van der Waals surface area contributed by atoms with E-state index in [0.29, 0.717) is 12.1 Å². The normalized spacial score (nSPS) is 11.2. The number of aromatic carboxylic acids is 1. The average molecular weight is 254 g/mol. The van der Waals surface area contributed by atoms with Crippen molar-refractivity contribution in [3.8, 4) is 0 Å². The van der Waals surface area contributed by atoms with Crippen molar-refractivity contribution in [3.63, 3.8) is 0 Å². The molecular weight excluding hydrogens is 235 g/mol. The van der Waals surface area contributed by atoms with Crippen LogP contribution in [0.15, 0.2) is 18.2 Å². The van der Waals surface area contributed by atoms with Gasteiger partial charge in [0.05, 0.1) is 5.56 Å². The number of halogens is 1. The van der Waals surface area contributed by atoms with Gasteiger partial charge in [-0.1, -0.05) is 6.07 Å². The predicted molar refractivity (Wildman–Crippen MR) is 68.2 cm³/mol. The molecule has 0 aromatic heterocycles. The number of benzene rings is 1. The van der Waals surface area contributed by atoms with Gasteiger partial charge in [0.1, 0.15) is 5.82 Å². The Kier molecular flexibility index (Phi) is 5.25. The summed E-state index contributed by atoms with van der Waals surface area (Å²) in [7, 11) is 5.88. The molecule has 5 heteroatoms. The summed E-state index contributed by atoms with van der Waals surface area (Å²) in [5, 5.41) is 9.03. The summed E-state index contributed by atoms with van der Waals surface area (Å²) in [5.74, 6) is -1.61. The van der Waals surface area contributed by atoms with E-state index in [1.54, 1.807) is 0 Å². The molecular formula is C13H19FN2O2. The highest BCUT2D eigenvalue weighted by Crippen LogP contribution is 2.13. The van der Waals surface area contributed by atoms with E-state index in [1.165, 1.54) is 12.1 Å². The van der Waals surface area contributed by atoms with Crippen LogP contribution < -0.4 is 0 Å². The summed E-state index contributed by atoms with van der Waals surface area (Å²) in [6.45, 7) is 2.21. The first-order chi connectivity index (χ1) is 8.40. The van der Waals surface area contributed by atoms with Gasteiger partial charge in [0, 0.05) is 19.6 Å². The van der Waals surface area contributed by atoms with E-state index in [9.17, 15) is 9.18 Å². The van der Waals surface area contributed by atoms with Gasteiger partial charge in [-0.25, -0.2) is 9.18 Å². The molecule has 100 valence electrons. The van der Waals surface area contributed by atoms with E-state index in [1.807, 2.05) is 26.0 Å². The van der Waals surface area contributed by atoms with Crippen LogP contribution in [0.3, 0.4) is 0 Å². The lowest BCUT2D eigenvalue weighted by Crippen LogP contribution is -2.28. The molecule has 1 aromatic carbocycles. The molecule has 0 heterocycles. The Morgan fingerprint density at radius 2 is 1.94 bits per heavy atom. The SMILES string of the molecule is CN(C)CCN(C)Cc1ccc(F)cc1C(=O)O. The molecule has 4 nitrogen and oxygen atoms in total. The van der Waals surface area contributed by atoms with Crippen LogP contribution in [-0.4, -0.2) is 55.1 Å². The summed E-state index contributed by atoms with van der Waals surface area (Å²) >= 11 is 0. The summed E-state index contributed by atoms with van der Waals surface area (Å²) in [6, 6.07) is 3.89. The van der Waals surface area contributed by atoms with Crippen LogP contribution >= 0.6 is 0 Å². The Hall–Kier alpha value is -1.46. The molecule has 0 saturated carbocycles. The number of hydrogen-bond donors (Lipinski definition) is 1. The minimum atomic E-state index is -1.09. The van der Waals surface area contributed by atoms with Gasteiger partial charge < -0.3 is 14.9 Å². The summed E-state index contributed by atoms with van der Waals surface area (Å²) < 4.78 is 13.0. The van der Waals surface area contributed by atoms with Crippen molar-refractivity contribution in [1.82, 2.24) is 9.80 Å². The molecule has 0 spiro atoms. The van der Waals surface area contributed by atoms with E-state index in [2.05, 4.69) is 4.90 Å². The number of rotatable bonds is 6. The van der Waals surface area contributed by atoms with E-state index in [0.717, 1.165) is 19.2 Å². The molecule has 1 rings (SSSR count). The highest BCUT2D eigenvalue weighted by atomic mass is 19.1. The Morgan fingerprint density at radius 1 is 1.28 bits per heavy atom. The number of nitrogens with zero attached hydrogens (tertiary/aromatic N) is 2. The summed E-state index contributed by atoms with van der Waals surface area (Å²) in [5.41, 5.74) is 0.664. The lowest BCUT2D eigenvalue weighted by molar-refractivity contribution is 0.0694. The monoisotopic (exact) mass is 254 g/mol. The molecule has 0 aliphatic carbocycles. The molecule has 0 aliphatic rings. The smallest absolute Gasteiger partial charge is 0.336 e. The van der Waals surface area contributed by atoms with Crippen LogP contribution in [0, 0.1) is 5.82 Å². The van der Waals surface area contributed by atoms with E-state index >= 15 is 0 Å². The zero-order valence-corrected chi connectivity index (χ0v) is 11.0. The Bertz CT molecular complexity index is 421. The molecule has 0 atom stereocenters. The largest absolute Gasteiger partial charge is 0.478 e. The van der Waals surface area contributed by atoms with Crippen molar-refractivity contribution < 1.29 is 14.3 Å². The molecule has 0 aliphatic heterocycles. The molecule has 1 aromatic rings. The van der Waals surface area contributed by atoms with Crippen LogP contribution in [0.2, 0.25) is 0 Å². The number of carboxylic acid groups (broad SMARTS) is 1. The van der Waals surface area contributed by atoms with Crippen molar-refractivity contribution in [2.24, 2.45) is 0 Å². The minimum absolute atomic E-state index is 0.0340. The molecule has 0 bridgehead atoms. The Morgan fingerprint density at radius 3 is 2.50 bits per heavy atom. The second kappa shape index (κ2) is 6.47. The van der Waals surface area contributed by atoms with Gasteiger partial charge in [-0.2, -0.15) is 0 Å². The molecule has 18 heavy (non-hydrogen) atoms. The van der Waals surface area contributed by atoms with Crippen molar-refractivity contribution >= 4 is 5.97 Å². The van der Waals surface area contributed by atoms with Gasteiger partial charge in [0.15, 0.2) is 0 Å². The number of carbonyl (C=O) groups is 1. The second-order valence-corrected chi connectivity index (χ2v) is 4.65. The predicted octanol–water partition coefficient (Wildman–Crippen LogP) is 1.52. The van der Waals surface area contributed by atoms with Crippen molar-refractivity contribution in [2.45, 2.75) is 6.54 Å². The fourth-order valence-corrected chi connectivity index (χ4v) is 1.63. The fraction of sp³-hybridized carbons (Fsp3) is 0.462. The zero-order valence-electron chi connectivity index (χ0n) is 11.0. The topological polar surface area (TPSA) is 43.8 Å². The van der Waals surface area contributed by atoms with Crippen LogP contribution in [0.1, 0.15) is 15.9 Å². The van der Waals surface area contributed by atoms with Gasteiger partial charge in [0.2, 0.25) is 0 Å². The molecule has 0 fully saturated rings. The standard InChI is InChI=1S/C13H19FN2O2/c1-15(2)6-7-16(3)9-10-4-5-11(14)8-12(10)13(17)18/h4-5,8H,6-7,9H2,1-3H3,(H,17,18). The summed E-state index contributed by atoms with van der Waals surface area (Å²) in [4.78, 5) is 15.1. The lowest BCUT2D eigenvalue weighted by atomic mass is 10.1. The number of hydrogen-bond acceptors (Lipinski definition) is 3. The lowest BCUT2D eigenvalue weighted by Gasteiger charge is -2.20. The van der Waals surface area contributed by atoms with Gasteiger partial charge >= 0.3 is 5.97 Å². The molecule has 0 amide bonds. The van der Waals surface area contributed by atoms with Gasteiger partial charge in [-0.05, 0) is 38.8 Å². The van der Waals surface area contributed by atoms with Crippen LogP contribution in [0.5, 0.6) is 0 Å². The molecule has 0 radical (unpaired) electrons.